The molecular formula is C11H10N2O4. The number of para-hydroxylation sites is 1. The van der Waals surface area contributed by atoms with E-state index >= 15 is 0 Å². The van der Waals surface area contributed by atoms with Gasteiger partial charge in [0.25, 0.3) is 0 Å². The fourth-order valence-electron chi connectivity index (χ4n) is 1.52. The molecule has 0 aliphatic heterocycles. The van der Waals surface area contributed by atoms with E-state index in [1.807, 2.05) is 0 Å². The van der Waals surface area contributed by atoms with Crippen LogP contribution in [0.25, 0.3) is 0 Å². The van der Waals surface area contributed by atoms with Gasteiger partial charge in [-0.1, -0.05) is 18.2 Å². The molecule has 1 aromatic heterocycles. The quantitative estimate of drug-likeness (QED) is 0.737. The smallest absolute Gasteiger partial charge is 0.358 e. The van der Waals surface area contributed by atoms with Gasteiger partial charge >= 0.3 is 5.97 Å². The zero-order valence-corrected chi connectivity index (χ0v) is 8.74. The van der Waals surface area contributed by atoms with Crippen LogP contribution in [0, 0.1) is 0 Å². The van der Waals surface area contributed by atoms with E-state index in [4.69, 9.17) is 5.11 Å². The van der Waals surface area contributed by atoms with E-state index in [0.717, 1.165) is 10.9 Å². The average Bonchev–Trinajstić information content (AvgIpc) is 2.63. The molecule has 17 heavy (non-hydrogen) atoms. The molecule has 0 saturated carbocycles. The Morgan fingerprint density at radius 1 is 1.24 bits per heavy atom. The Hall–Kier alpha value is -2.50. The summed E-state index contributed by atoms with van der Waals surface area (Å²) < 4.78 is 1.12. The first-order chi connectivity index (χ1) is 8.09. The number of hydrogen-bond donors (Lipinski definition) is 3. The lowest BCUT2D eigenvalue weighted by Crippen LogP contribution is -2.11. The number of carboxylic acid groups (broad SMARTS) is 1. The van der Waals surface area contributed by atoms with E-state index in [1.165, 1.54) is 6.07 Å². The van der Waals surface area contributed by atoms with Gasteiger partial charge in [0.2, 0.25) is 0 Å². The number of benzene rings is 1. The van der Waals surface area contributed by atoms with Crippen molar-refractivity contribution < 1.29 is 20.1 Å². The summed E-state index contributed by atoms with van der Waals surface area (Å²) in [5.41, 5.74) is 0.228. The molecule has 0 bridgehead atoms. The molecule has 0 unspecified atom stereocenters. The van der Waals surface area contributed by atoms with E-state index in [-0.39, 0.29) is 18.0 Å². The highest BCUT2D eigenvalue weighted by molar-refractivity contribution is 5.88. The molecule has 0 aliphatic carbocycles. The van der Waals surface area contributed by atoms with Gasteiger partial charge in [-0.2, -0.15) is 5.10 Å². The molecule has 0 fully saturated rings. The molecule has 0 saturated heterocycles. The number of aromatic hydroxyl groups is 2. The minimum atomic E-state index is -1.27. The number of carboxylic acids is 1. The van der Waals surface area contributed by atoms with Gasteiger partial charge in [-0.15, -0.1) is 0 Å². The van der Waals surface area contributed by atoms with Crippen molar-refractivity contribution in [3.8, 4) is 11.5 Å². The molecule has 1 aromatic carbocycles. The van der Waals surface area contributed by atoms with Crippen LogP contribution in [0.15, 0.2) is 30.5 Å². The highest BCUT2D eigenvalue weighted by Gasteiger charge is 2.17. The van der Waals surface area contributed by atoms with Gasteiger partial charge in [0.05, 0.1) is 12.7 Å². The maximum absolute atomic E-state index is 10.9. The van der Waals surface area contributed by atoms with Crippen LogP contribution in [0.2, 0.25) is 0 Å². The van der Waals surface area contributed by atoms with Crippen LogP contribution in [0.1, 0.15) is 16.1 Å². The Morgan fingerprint density at radius 3 is 2.59 bits per heavy atom. The van der Waals surface area contributed by atoms with Crippen LogP contribution >= 0.6 is 0 Å². The Kier molecular flexibility index (Phi) is 2.70. The molecule has 3 N–H and O–H groups in total. The lowest BCUT2D eigenvalue weighted by Gasteiger charge is -2.06. The highest BCUT2D eigenvalue weighted by atomic mass is 16.4. The van der Waals surface area contributed by atoms with Crippen molar-refractivity contribution in [2.24, 2.45) is 0 Å². The van der Waals surface area contributed by atoms with Crippen molar-refractivity contribution in [2.75, 3.05) is 0 Å². The van der Waals surface area contributed by atoms with Gasteiger partial charge in [0.15, 0.2) is 11.4 Å². The predicted octanol–water partition coefficient (Wildman–Crippen LogP) is 1.04. The number of phenolic OH excluding ortho intramolecular Hbond substituents is 1. The largest absolute Gasteiger partial charge is 0.508 e. The molecule has 0 spiro atoms. The highest BCUT2D eigenvalue weighted by Crippen LogP contribution is 2.21. The van der Waals surface area contributed by atoms with E-state index in [1.54, 1.807) is 18.2 Å². The number of aromatic nitrogens is 2. The zero-order valence-electron chi connectivity index (χ0n) is 8.74. The summed E-state index contributed by atoms with van der Waals surface area (Å²) in [4.78, 5) is 10.9. The number of phenols is 1. The first-order valence-electron chi connectivity index (χ1n) is 4.84. The third kappa shape index (κ3) is 2.05. The maximum Gasteiger partial charge on any atom is 0.358 e. The monoisotopic (exact) mass is 234 g/mol. The standard InChI is InChI=1S/C11H10N2O4/c14-8-4-2-1-3-7(8)6-13-10(11(16)17)9(15)5-12-13/h1-5,14-15H,6H2,(H,16,17). The van der Waals surface area contributed by atoms with Crippen molar-refractivity contribution >= 4 is 5.97 Å². The molecule has 0 atom stereocenters. The molecule has 1 heterocycles. The Labute approximate surface area is 96.4 Å². The van der Waals surface area contributed by atoms with Gasteiger partial charge in [0, 0.05) is 5.56 Å². The van der Waals surface area contributed by atoms with Gasteiger partial charge in [0.1, 0.15) is 5.75 Å². The van der Waals surface area contributed by atoms with Gasteiger partial charge in [-0.05, 0) is 6.07 Å². The fraction of sp³-hybridized carbons (Fsp3) is 0.0909. The topological polar surface area (TPSA) is 95.6 Å². The summed E-state index contributed by atoms with van der Waals surface area (Å²) in [6.45, 7) is 0.0782. The van der Waals surface area contributed by atoms with Crippen molar-refractivity contribution in [3.05, 3.63) is 41.7 Å². The second-order valence-electron chi connectivity index (χ2n) is 3.47. The molecule has 0 radical (unpaired) electrons. The van der Waals surface area contributed by atoms with Crippen LogP contribution in [-0.2, 0) is 6.54 Å². The first-order valence-corrected chi connectivity index (χ1v) is 4.84. The lowest BCUT2D eigenvalue weighted by atomic mass is 10.2. The number of nitrogens with zero attached hydrogens (tertiary/aromatic N) is 2. The predicted molar refractivity (Wildman–Crippen MR) is 58.1 cm³/mol. The van der Waals surface area contributed by atoms with Crippen molar-refractivity contribution in [3.63, 3.8) is 0 Å². The molecule has 6 nitrogen and oxygen atoms in total. The molecule has 88 valence electrons. The zero-order chi connectivity index (χ0) is 12.4. The Balaban J connectivity index is 2.37. The normalized spacial score (nSPS) is 10.4. The fourth-order valence-corrected chi connectivity index (χ4v) is 1.52. The number of aromatic carboxylic acids is 1. The summed E-state index contributed by atoms with van der Waals surface area (Å²) in [6, 6.07) is 6.54. The molecule has 2 aromatic rings. The van der Waals surface area contributed by atoms with E-state index < -0.39 is 11.7 Å². The Bertz CT molecular complexity index is 562. The lowest BCUT2D eigenvalue weighted by molar-refractivity contribution is 0.0680. The summed E-state index contributed by atoms with van der Waals surface area (Å²) in [5, 5.41) is 31.5. The molecular weight excluding hydrogens is 224 g/mol. The molecule has 0 aliphatic rings. The van der Waals surface area contributed by atoms with Crippen molar-refractivity contribution in [1.82, 2.24) is 9.78 Å². The van der Waals surface area contributed by atoms with Crippen molar-refractivity contribution in [2.45, 2.75) is 6.54 Å². The van der Waals surface area contributed by atoms with Crippen LogP contribution in [-0.4, -0.2) is 31.1 Å². The summed E-state index contributed by atoms with van der Waals surface area (Å²) >= 11 is 0. The summed E-state index contributed by atoms with van der Waals surface area (Å²) in [5.74, 6) is -1.61. The average molecular weight is 234 g/mol. The summed E-state index contributed by atoms with van der Waals surface area (Å²) in [7, 11) is 0. The van der Waals surface area contributed by atoms with Crippen LogP contribution in [0.5, 0.6) is 11.5 Å². The third-order valence-electron chi connectivity index (χ3n) is 2.33. The van der Waals surface area contributed by atoms with Gasteiger partial charge in [-0.3, -0.25) is 4.68 Å². The third-order valence-corrected chi connectivity index (χ3v) is 2.33. The van der Waals surface area contributed by atoms with Gasteiger partial charge < -0.3 is 15.3 Å². The molecule has 0 amide bonds. The van der Waals surface area contributed by atoms with E-state index in [2.05, 4.69) is 5.10 Å². The maximum atomic E-state index is 10.9. The number of carbonyl (C=O) groups is 1. The number of rotatable bonds is 3. The van der Waals surface area contributed by atoms with E-state index in [9.17, 15) is 15.0 Å². The Morgan fingerprint density at radius 2 is 1.94 bits per heavy atom. The number of hydrogen-bond acceptors (Lipinski definition) is 4. The van der Waals surface area contributed by atoms with Gasteiger partial charge in [-0.25, -0.2) is 4.79 Å². The van der Waals surface area contributed by atoms with Crippen LogP contribution in [0.3, 0.4) is 0 Å². The molecule has 6 heteroatoms. The second-order valence-corrected chi connectivity index (χ2v) is 3.47. The first kappa shape index (κ1) is 11.0. The van der Waals surface area contributed by atoms with Crippen LogP contribution in [0.4, 0.5) is 0 Å². The SMILES string of the molecule is O=C(O)c1c(O)cnn1Cc1ccccc1O. The second kappa shape index (κ2) is 4.17. The minimum absolute atomic E-state index is 0.0545. The minimum Gasteiger partial charge on any atom is -0.508 e. The van der Waals surface area contributed by atoms with E-state index in [0.29, 0.717) is 5.56 Å². The summed E-state index contributed by atoms with van der Waals surface area (Å²) in [6.07, 6.45) is 1.06. The van der Waals surface area contributed by atoms with Crippen molar-refractivity contribution in [1.29, 1.82) is 0 Å². The van der Waals surface area contributed by atoms with Crippen LogP contribution < -0.4 is 0 Å². The molecule has 2 rings (SSSR count).